The number of hydrogen-bond donors (Lipinski definition) is 0. The van der Waals surface area contributed by atoms with Crippen molar-refractivity contribution in [2.75, 3.05) is 11.5 Å². The number of fused-ring (bicyclic) bond motifs is 1. The van der Waals surface area contributed by atoms with Crippen molar-refractivity contribution in [3.05, 3.63) is 36.1 Å². The Balaban J connectivity index is 2.11. The molecule has 1 aromatic heterocycles. The Hall–Kier alpha value is -1.22. The first-order valence-electron chi connectivity index (χ1n) is 5.41. The molecular weight excluding hydrogens is 220 g/mol. The molecule has 2 nitrogen and oxygen atoms in total. The second-order valence-electron chi connectivity index (χ2n) is 3.62. The molecule has 0 amide bonds. The van der Waals surface area contributed by atoms with E-state index in [1.807, 2.05) is 30.3 Å². The van der Waals surface area contributed by atoms with Crippen LogP contribution in [-0.4, -0.2) is 17.3 Å². The third-order valence-corrected chi connectivity index (χ3v) is 3.45. The van der Waals surface area contributed by atoms with Crippen molar-refractivity contribution in [1.29, 1.82) is 0 Å². The molecule has 84 valence electrons. The molecule has 0 radical (unpaired) electrons. The first kappa shape index (κ1) is 11.3. The second kappa shape index (κ2) is 5.21. The summed E-state index contributed by atoms with van der Waals surface area (Å²) in [6, 6.07) is 9.51. The first-order valence-corrected chi connectivity index (χ1v) is 6.56. The lowest BCUT2D eigenvalue weighted by atomic mass is 10.2. The monoisotopic (exact) mass is 234 g/mol. The van der Waals surface area contributed by atoms with Gasteiger partial charge in [-0.2, -0.15) is 11.8 Å². The first-order chi connectivity index (χ1) is 7.81. The van der Waals surface area contributed by atoms with Crippen LogP contribution in [0.4, 0.5) is 0 Å². The lowest BCUT2D eigenvalue weighted by Gasteiger charge is -1.95. The molecule has 1 aromatic carbocycles. The quantitative estimate of drug-likeness (QED) is 0.583. The van der Waals surface area contributed by atoms with Gasteiger partial charge in [0.25, 0.3) is 0 Å². The third kappa shape index (κ3) is 2.47. The van der Waals surface area contributed by atoms with E-state index in [9.17, 15) is 4.79 Å². The maximum absolute atomic E-state index is 11.8. The summed E-state index contributed by atoms with van der Waals surface area (Å²) in [4.78, 5) is 11.8. The molecule has 0 spiro atoms. The number of carbonyl (C=O) groups excluding carboxylic acids is 1. The molecule has 2 rings (SSSR count). The summed E-state index contributed by atoms with van der Waals surface area (Å²) in [5.74, 6) is 2.08. The van der Waals surface area contributed by atoms with Crippen LogP contribution in [-0.2, 0) is 0 Å². The molecule has 0 bridgehead atoms. The fourth-order valence-corrected chi connectivity index (χ4v) is 2.26. The normalized spacial score (nSPS) is 10.8. The number of rotatable bonds is 5. The standard InChI is InChI=1S/C13H14O2S/c1-2-7-16-9-11(14)13-8-10-5-3-4-6-12(10)15-13/h3-6,8H,2,7,9H2,1H3. The number of benzene rings is 1. The predicted octanol–water partition coefficient (Wildman–Crippen LogP) is 3.76. The van der Waals surface area contributed by atoms with Crippen molar-refractivity contribution in [2.24, 2.45) is 0 Å². The zero-order valence-electron chi connectivity index (χ0n) is 9.23. The molecule has 0 saturated heterocycles. The number of para-hydroxylation sites is 1. The number of furan rings is 1. The van der Waals surface area contributed by atoms with E-state index in [1.54, 1.807) is 11.8 Å². The molecule has 2 aromatic rings. The Morgan fingerprint density at radius 1 is 1.38 bits per heavy atom. The minimum Gasteiger partial charge on any atom is -0.453 e. The van der Waals surface area contributed by atoms with Crippen LogP contribution in [0.2, 0.25) is 0 Å². The van der Waals surface area contributed by atoms with Gasteiger partial charge < -0.3 is 4.42 Å². The van der Waals surface area contributed by atoms with E-state index < -0.39 is 0 Å². The van der Waals surface area contributed by atoms with Crippen LogP contribution < -0.4 is 0 Å². The van der Waals surface area contributed by atoms with Crippen LogP contribution >= 0.6 is 11.8 Å². The van der Waals surface area contributed by atoms with Crippen LogP contribution in [0, 0.1) is 0 Å². The fraction of sp³-hybridized carbons (Fsp3) is 0.308. The van der Waals surface area contributed by atoms with Crippen molar-refractivity contribution in [3.63, 3.8) is 0 Å². The minimum atomic E-state index is 0.0784. The number of thioether (sulfide) groups is 1. The largest absolute Gasteiger partial charge is 0.453 e. The number of ketones is 1. The highest BCUT2D eigenvalue weighted by molar-refractivity contribution is 7.99. The number of Topliss-reactive ketones (excluding diaryl/α,β-unsaturated/α-hetero) is 1. The van der Waals surface area contributed by atoms with Crippen molar-refractivity contribution >= 4 is 28.5 Å². The van der Waals surface area contributed by atoms with E-state index in [2.05, 4.69) is 6.92 Å². The zero-order valence-corrected chi connectivity index (χ0v) is 10.0. The van der Waals surface area contributed by atoms with Crippen LogP contribution in [0.1, 0.15) is 23.9 Å². The lowest BCUT2D eigenvalue weighted by Crippen LogP contribution is -2.00. The lowest BCUT2D eigenvalue weighted by molar-refractivity contribution is 0.0994. The molecule has 0 fully saturated rings. The number of hydrogen-bond acceptors (Lipinski definition) is 3. The van der Waals surface area contributed by atoms with Gasteiger partial charge in [0.2, 0.25) is 5.78 Å². The molecule has 0 saturated carbocycles. The Kier molecular flexibility index (Phi) is 3.67. The van der Waals surface area contributed by atoms with Crippen LogP contribution in [0.15, 0.2) is 34.7 Å². The molecule has 0 atom stereocenters. The van der Waals surface area contributed by atoms with E-state index in [1.165, 1.54) is 0 Å². The topological polar surface area (TPSA) is 30.2 Å². The smallest absolute Gasteiger partial charge is 0.207 e. The third-order valence-electron chi connectivity index (χ3n) is 2.28. The molecule has 0 N–H and O–H groups in total. The summed E-state index contributed by atoms with van der Waals surface area (Å²) in [6.07, 6.45) is 1.10. The van der Waals surface area contributed by atoms with E-state index >= 15 is 0 Å². The maximum Gasteiger partial charge on any atom is 0.207 e. The molecule has 0 aliphatic heterocycles. The van der Waals surface area contributed by atoms with Gasteiger partial charge in [-0.25, -0.2) is 0 Å². The number of carbonyl (C=O) groups is 1. The summed E-state index contributed by atoms with van der Waals surface area (Å²) in [7, 11) is 0. The average Bonchev–Trinajstić information content (AvgIpc) is 2.73. The molecule has 3 heteroatoms. The molecule has 1 heterocycles. The van der Waals surface area contributed by atoms with Gasteiger partial charge in [-0.1, -0.05) is 25.1 Å². The summed E-state index contributed by atoms with van der Waals surface area (Å²) in [5.41, 5.74) is 0.784. The molecule has 0 aliphatic carbocycles. The highest BCUT2D eigenvalue weighted by Gasteiger charge is 2.11. The van der Waals surface area contributed by atoms with Crippen molar-refractivity contribution in [2.45, 2.75) is 13.3 Å². The maximum atomic E-state index is 11.8. The van der Waals surface area contributed by atoms with E-state index in [4.69, 9.17) is 4.42 Å². The summed E-state index contributed by atoms with van der Waals surface area (Å²) < 4.78 is 5.50. The molecular formula is C13H14O2S. The van der Waals surface area contributed by atoms with E-state index in [0.717, 1.165) is 23.1 Å². The van der Waals surface area contributed by atoms with Crippen molar-refractivity contribution < 1.29 is 9.21 Å². The minimum absolute atomic E-state index is 0.0784. The van der Waals surface area contributed by atoms with Crippen molar-refractivity contribution in [1.82, 2.24) is 0 Å². The van der Waals surface area contributed by atoms with Crippen LogP contribution in [0.25, 0.3) is 11.0 Å². The van der Waals surface area contributed by atoms with E-state index in [0.29, 0.717) is 11.5 Å². The SMILES string of the molecule is CCCSCC(=O)c1cc2ccccc2o1. The Morgan fingerprint density at radius 2 is 2.19 bits per heavy atom. The van der Waals surface area contributed by atoms with Gasteiger partial charge >= 0.3 is 0 Å². The molecule has 0 unspecified atom stereocenters. The fourth-order valence-electron chi connectivity index (χ4n) is 1.50. The van der Waals surface area contributed by atoms with Gasteiger partial charge in [0.05, 0.1) is 5.75 Å². The Labute approximate surface area is 99.0 Å². The zero-order chi connectivity index (χ0) is 11.4. The molecule has 16 heavy (non-hydrogen) atoms. The van der Waals surface area contributed by atoms with Gasteiger partial charge in [-0.05, 0) is 24.3 Å². The Bertz CT molecular complexity index is 454. The van der Waals surface area contributed by atoms with Gasteiger partial charge in [-0.3, -0.25) is 4.79 Å². The summed E-state index contributed by atoms with van der Waals surface area (Å²) in [5, 5.41) is 0.992. The predicted molar refractivity (Wildman–Crippen MR) is 68.2 cm³/mol. The van der Waals surface area contributed by atoms with Gasteiger partial charge in [-0.15, -0.1) is 0 Å². The highest BCUT2D eigenvalue weighted by atomic mass is 32.2. The second-order valence-corrected chi connectivity index (χ2v) is 4.73. The van der Waals surface area contributed by atoms with Crippen LogP contribution in [0.5, 0.6) is 0 Å². The highest BCUT2D eigenvalue weighted by Crippen LogP contribution is 2.20. The molecule has 0 aliphatic rings. The van der Waals surface area contributed by atoms with Gasteiger partial charge in [0.15, 0.2) is 5.76 Å². The van der Waals surface area contributed by atoms with Crippen molar-refractivity contribution in [3.8, 4) is 0 Å². The van der Waals surface area contributed by atoms with Gasteiger partial charge in [0, 0.05) is 5.39 Å². The Morgan fingerprint density at radius 3 is 2.94 bits per heavy atom. The van der Waals surface area contributed by atoms with Crippen LogP contribution in [0.3, 0.4) is 0 Å². The summed E-state index contributed by atoms with van der Waals surface area (Å²) >= 11 is 1.66. The summed E-state index contributed by atoms with van der Waals surface area (Å²) in [6.45, 7) is 2.11. The average molecular weight is 234 g/mol. The van der Waals surface area contributed by atoms with E-state index in [-0.39, 0.29) is 5.78 Å². The van der Waals surface area contributed by atoms with Gasteiger partial charge in [0.1, 0.15) is 5.58 Å².